The number of nitrogens with zero attached hydrogens (tertiary/aromatic N) is 7. The lowest BCUT2D eigenvalue weighted by atomic mass is 10.0. The number of rotatable bonds is 6. The van der Waals surface area contributed by atoms with E-state index in [1.807, 2.05) is 58.2 Å². The maximum absolute atomic E-state index is 15.1. The molecule has 244 valence electrons. The molecule has 2 aliphatic rings. The van der Waals surface area contributed by atoms with Crippen LogP contribution in [0.15, 0.2) is 36.7 Å². The van der Waals surface area contributed by atoms with Crippen LogP contribution in [0.2, 0.25) is 0 Å². The summed E-state index contributed by atoms with van der Waals surface area (Å²) in [6.45, 7) is 15.2. The summed E-state index contributed by atoms with van der Waals surface area (Å²) in [5.74, 6) is 0.0897. The maximum atomic E-state index is 15.1. The minimum Gasteiger partial charge on any atom is -0.444 e. The zero-order valence-electron chi connectivity index (χ0n) is 27.1. The van der Waals surface area contributed by atoms with Gasteiger partial charge in [0.05, 0.1) is 24.9 Å². The topological polar surface area (TPSA) is 111 Å². The molecule has 0 bridgehead atoms. The van der Waals surface area contributed by atoms with Crippen LogP contribution in [0.3, 0.4) is 0 Å². The van der Waals surface area contributed by atoms with Gasteiger partial charge in [0.2, 0.25) is 5.95 Å². The molecule has 3 aromatic heterocycles. The van der Waals surface area contributed by atoms with Gasteiger partial charge in [0, 0.05) is 44.0 Å². The molecule has 0 radical (unpaired) electrons. The molecule has 1 spiro atoms. The summed E-state index contributed by atoms with van der Waals surface area (Å²) in [7, 11) is 0. The number of morpholine rings is 1. The molecule has 0 saturated carbocycles. The number of anilines is 2. The standard InChI is InChI=1S/C33H40F2N8O3/c1-20(2)43-21(3)38-29-24(34)13-23(14-26(29)43)28-25(35)16-37-30(40-28)39-27-8-7-22(15-36-27)17-41-11-12-45-33(18-41)9-10-42(19-33)31(44)46-32(4,5)6/h7-8,13-16,20H,9-12,17-19H2,1-6H3,(H,36,37,39,40)/t33-/m0/s1. The van der Waals surface area contributed by atoms with E-state index in [0.717, 1.165) is 24.7 Å². The lowest BCUT2D eigenvalue weighted by Gasteiger charge is -2.40. The third-order valence-electron chi connectivity index (χ3n) is 8.23. The van der Waals surface area contributed by atoms with E-state index in [9.17, 15) is 9.18 Å². The van der Waals surface area contributed by atoms with Gasteiger partial charge in [-0.2, -0.15) is 0 Å². The summed E-state index contributed by atoms with van der Waals surface area (Å²) in [6.07, 6.45) is 3.28. The highest BCUT2D eigenvalue weighted by atomic mass is 19.1. The van der Waals surface area contributed by atoms with Crippen molar-refractivity contribution in [3.8, 4) is 11.3 Å². The van der Waals surface area contributed by atoms with Gasteiger partial charge in [-0.15, -0.1) is 0 Å². The smallest absolute Gasteiger partial charge is 0.410 e. The van der Waals surface area contributed by atoms with Crippen LogP contribution in [0, 0.1) is 18.6 Å². The van der Waals surface area contributed by atoms with Crippen molar-refractivity contribution in [3.63, 3.8) is 0 Å². The van der Waals surface area contributed by atoms with E-state index in [0.29, 0.717) is 49.9 Å². The fraction of sp³-hybridized carbons (Fsp3) is 0.485. The normalized spacial score (nSPS) is 19.0. The molecule has 13 heteroatoms. The van der Waals surface area contributed by atoms with Gasteiger partial charge in [-0.25, -0.2) is 33.5 Å². The Morgan fingerprint density at radius 1 is 1.09 bits per heavy atom. The van der Waals surface area contributed by atoms with E-state index in [-0.39, 0.29) is 34.9 Å². The maximum Gasteiger partial charge on any atom is 0.410 e. The number of hydrogen-bond acceptors (Lipinski definition) is 9. The van der Waals surface area contributed by atoms with Crippen LogP contribution in [-0.4, -0.2) is 84.4 Å². The summed E-state index contributed by atoms with van der Waals surface area (Å²) in [4.78, 5) is 34.0. The molecule has 2 saturated heterocycles. The first-order valence-corrected chi connectivity index (χ1v) is 15.6. The summed E-state index contributed by atoms with van der Waals surface area (Å²) in [6, 6.07) is 6.77. The first-order chi connectivity index (χ1) is 21.8. The number of likely N-dealkylation sites (tertiary alicyclic amines) is 1. The Balaban J connectivity index is 1.12. The number of nitrogens with one attached hydrogen (secondary N) is 1. The van der Waals surface area contributed by atoms with Gasteiger partial charge in [-0.05, 0) is 71.7 Å². The van der Waals surface area contributed by atoms with Crippen LogP contribution in [0.1, 0.15) is 58.5 Å². The fourth-order valence-corrected chi connectivity index (χ4v) is 6.28. The third kappa shape index (κ3) is 6.66. The largest absolute Gasteiger partial charge is 0.444 e. The van der Waals surface area contributed by atoms with E-state index < -0.39 is 22.8 Å². The molecule has 1 aromatic carbocycles. The molecule has 0 unspecified atom stereocenters. The van der Waals surface area contributed by atoms with Crippen LogP contribution in [0.25, 0.3) is 22.3 Å². The van der Waals surface area contributed by atoms with Gasteiger partial charge in [0.25, 0.3) is 0 Å². The van der Waals surface area contributed by atoms with Gasteiger partial charge in [-0.1, -0.05) is 6.07 Å². The molecule has 46 heavy (non-hydrogen) atoms. The number of aromatic nitrogens is 5. The SMILES string of the molecule is Cc1nc2c(F)cc(-c3nc(Nc4ccc(CN5CCO[C@@]6(CCN(C(=O)OC(C)(C)C)C6)C5)cn4)ncc3F)cc2n1C(C)C. The predicted molar refractivity (Wildman–Crippen MR) is 170 cm³/mol. The predicted octanol–water partition coefficient (Wildman–Crippen LogP) is 6.01. The highest BCUT2D eigenvalue weighted by Gasteiger charge is 2.45. The molecule has 1 atom stereocenters. The number of hydrogen-bond donors (Lipinski definition) is 1. The number of halogens is 2. The Labute approximate surface area is 267 Å². The highest BCUT2D eigenvalue weighted by molar-refractivity contribution is 5.83. The fourth-order valence-electron chi connectivity index (χ4n) is 6.28. The number of fused-ring (bicyclic) bond motifs is 1. The Hall–Kier alpha value is -4.23. The second-order valence-corrected chi connectivity index (χ2v) is 13.4. The molecule has 0 aliphatic carbocycles. The van der Waals surface area contributed by atoms with Crippen LogP contribution in [0.4, 0.5) is 25.3 Å². The van der Waals surface area contributed by atoms with Crippen molar-refractivity contribution >= 4 is 28.9 Å². The van der Waals surface area contributed by atoms with Crippen molar-refractivity contribution in [3.05, 3.63) is 59.7 Å². The summed E-state index contributed by atoms with van der Waals surface area (Å²) in [5, 5.41) is 3.03. The molecular formula is C33H40F2N8O3. The van der Waals surface area contributed by atoms with Gasteiger partial charge in [0.15, 0.2) is 11.6 Å². The summed E-state index contributed by atoms with van der Waals surface area (Å²) >= 11 is 0. The number of pyridine rings is 1. The minimum atomic E-state index is -0.667. The third-order valence-corrected chi connectivity index (χ3v) is 8.23. The molecule has 5 heterocycles. The minimum absolute atomic E-state index is 0.0255. The Bertz CT molecular complexity index is 1750. The molecule has 4 aromatic rings. The van der Waals surface area contributed by atoms with Crippen molar-refractivity contribution < 1.29 is 23.0 Å². The van der Waals surface area contributed by atoms with Crippen molar-refractivity contribution in [1.29, 1.82) is 0 Å². The van der Waals surface area contributed by atoms with Crippen molar-refractivity contribution in [2.45, 2.75) is 71.8 Å². The van der Waals surface area contributed by atoms with E-state index in [1.165, 1.54) is 6.07 Å². The zero-order chi connectivity index (χ0) is 32.8. The first kappa shape index (κ1) is 31.7. The number of benzene rings is 1. The van der Waals surface area contributed by atoms with E-state index in [1.54, 1.807) is 17.2 Å². The Kier molecular flexibility index (Phi) is 8.40. The first-order valence-electron chi connectivity index (χ1n) is 15.6. The molecule has 1 amide bonds. The van der Waals surface area contributed by atoms with Gasteiger partial charge >= 0.3 is 6.09 Å². The zero-order valence-corrected chi connectivity index (χ0v) is 27.1. The quantitative estimate of drug-likeness (QED) is 0.273. The molecule has 2 aliphatic heterocycles. The molecule has 2 fully saturated rings. The number of aryl methyl sites for hydroxylation is 1. The van der Waals surface area contributed by atoms with Gasteiger partial charge in [-0.3, -0.25) is 4.90 Å². The molecular weight excluding hydrogens is 594 g/mol. The number of ether oxygens (including phenoxy) is 2. The van der Waals surface area contributed by atoms with Crippen molar-refractivity contribution in [1.82, 2.24) is 34.3 Å². The second kappa shape index (κ2) is 12.2. The number of amides is 1. The number of imidazole rings is 1. The highest BCUT2D eigenvalue weighted by Crippen LogP contribution is 2.32. The second-order valence-electron chi connectivity index (χ2n) is 13.4. The number of carbonyl (C=O) groups is 1. The molecule has 11 nitrogen and oxygen atoms in total. The Morgan fingerprint density at radius 3 is 2.61 bits per heavy atom. The van der Waals surface area contributed by atoms with Crippen LogP contribution in [-0.2, 0) is 16.0 Å². The molecule has 1 N–H and O–H groups in total. The van der Waals surface area contributed by atoms with Crippen LogP contribution in [0.5, 0.6) is 0 Å². The van der Waals surface area contributed by atoms with E-state index in [4.69, 9.17) is 9.47 Å². The van der Waals surface area contributed by atoms with Crippen LogP contribution >= 0.6 is 0 Å². The lowest BCUT2D eigenvalue weighted by Crippen LogP contribution is -2.53. The van der Waals surface area contributed by atoms with E-state index in [2.05, 4.69) is 30.2 Å². The average Bonchev–Trinajstić information content (AvgIpc) is 3.55. The van der Waals surface area contributed by atoms with E-state index >= 15 is 4.39 Å². The van der Waals surface area contributed by atoms with Crippen molar-refractivity contribution in [2.24, 2.45) is 0 Å². The summed E-state index contributed by atoms with van der Waals surface area (Å²) < 4.78 is 43.7. The summed E-state index contributed by atoms with van der Waals surface area (Å²) in [5.41, 5.74) is 1.13. The lowest BCUT2D eigenvalue weighted by molar-refractivity contribution is -0.103. The Morgan fingerprint density at radius 2 is 1.89 bits per heavy atom. The monoisotopic (exact) mass is 634 g/mol. The van der Waals surface area contributed by atoms with Crippen LogP contribution < -0.4 is 5.32 Å². The van der Waals surface area contributed by atoms with Gasteiger partial charge < -0.3 is 24.3 Å². The van der Waals surface area contributed by atoms with Gasteiger partial charge in [0.1, 0.15) is 34.1 Å². The average molecular weight is 635 g/mol. The number of carbonyl (C=O) groups excluding carboxylic acids is 1. The van der Waals surface area contributed by atoms with Crippen molar-refractivity contribution in [2.75, 3.05) is 38.1 Å². The molecule has 6 rings (SSSR count).